The van der Waals surface area contributed by atoms with E-state index in [4.69, 9.17) is 21.4 Å². The molecule has 1 aliphatic rings. The Labute approximate surface area is 117 Å². The van der Waals surface area contributed by atoms with E-state index in [0.717, 1.165) is 0 Å². The van der Waals surface area contributed by atoms with Gasteiger partial charge in [-0.15, -0.1) is 0 Å². The van der Waals surface area contributed by atoms with E-state index in [0.29, 0.717) is 17.9 Å². The molecule has 1 unspecified atom stereocenters. The van der Waals surface area contributed by atoms with Crippen molar-refractivity contribution in [2.24, 2.45) is 0 Å². The van der Waals surface area contributed by atoms with Crippen molar-refractivity contribution >= 4 is 28.7 Å². The highest BCUT2D eigenvalue weighted by atomic mass is 35.5. The molecular formula is C12H9ClN2O5. The molecule has 8 heteroatoms. The Bertz CT molecular complexity index is 785. The molecule has 0 aromatic carbocycles. The zero-order chi connectivity index (χ0) is 14.4. The molecule has 7 nitrogen and oxygen atoms in total. The average molecular weight is 297 g/mol. The molecule has 3 rings (SSSR count). The summed E-state index contributed by atoms with van der Waals surface area (Å²) in [6, 6.07) is -0.0970. The molecule has 2 aromatic heterocycles. The van der Waals surface area contributed by atoms with Crippen LogP contribution in [0.5, 0.6) is 11.5 Å². The number of hydrogen-bond donors (Lipinski definition) is 1. The number of aromatic nitrogens is 2. The third kappa shape index (κ3) is 1.78. The lowest BCUT2D eigenvalue weighted by atomic mass is 10.2. The lowest BCUT2D eigenvalue weighted by molar-refractivity contribution is 0.143. The average Bonchev–Trinajstić information content (AvgIpc) is 2.39. The number of rotatable bonds is 1. The first-order valence-corrected chi connectivity index (χ1v) is 6.13. The van der Waals surface area contributed by atoms with Crippen molar-refractivity contribution in [1.82, 2.24) is 9.55 Å². The van der Waals surface area contributed by atoms with Gasteiger partial charge >= 0.3 is 6.16 Å². The minimum atomic E-state index is -1.55. The normalized spacial score (nSPS) is 16.8. The second-order valence-electron chi connectivity index (χ2n) is 4.40. The van der Waals surface area contributed by atoms with E-state index in [-0.39, 0.29) is 22.3 Å². The van der Waals surface area contributed by atoms with E-state index in [2.05, 4.69) is 9.72 Å². The smallest absolute Gasteiger partial charge is 0.486 e. The third-order valence-corrected chi connectivity index (χ3v) is 3.36. The van der Waals surface area contributed by atoms with Crippen LogP contribution in [0.2, 0.25) is 5.15 Å². The summed E-state index contributed by atoms with van der Waals surface area (Å²) in [6.45, 7) is 2.20. The molecule has 0 saturated heterocycles. The van der Waals surface area contributed by atoms with Gasteiger partial charge in [0.25, 0.3) is 0 Å². The van der Waals surface area contributed by atoms with Gasteiger partial charge in [-0.2, -0.15) is 0 Å². The molecule has 0 amide bonds. The summed E-state index contributed by atoms with van der Waals surface area (Å²) in [7, 11) is 0. The van der Waals surface area contributed by atoms with Gasteiger partial charge in [0.15, 0.2) is 16.7 Å². The number of carboxylic acid groups (broad SMARTS) is 1. The Morgan fingerprint density at radius 2 is 2.40 bits per heavy atom. The molecule has 2 aromatic rings. The summed E-state index contributed by atoms with van der Waals surface area (Å²) in [4.78, 5) is 26.7. The SMILES string of the molecule is CC1COc2c(Cl)ncc3c(=O)c(OC(=O)O)cn1c23. The van der Waals surface area contributed by atoms with Gasteiger partial charge in [-0.05, 0) is 6.92 Å². The highest BCUT2D eigenvalue weighted by Crippen LogP contribution is 2.36. The van der Waals surface area contributed by atoms with Crippen LogP contribution in [0.25, 0.3) is 10.9 Å². The summed E-state index contributed by atoms with van der Waals surface area (Å²) >= 11 is 5.96. The molecule has 0 saturated carbocycles. The quantitative estimate of drug-likeness (QED) is 0.640. The number of halogens is 1. The van der Waals surface area contributed by atoms with Crippen LogP contribution in [0, 0.1) is 0 Å². The molecule has 3 heterocycles. The van der Waals surface area contributed by atoms with Crippen molar-refractivity contribution in [2.75, 3.05) is 6.61 Å². The Morgan fingerprint density at radius 1 is 1.65 bits per heavy atom. The Morgan fingerprint density at radius 3 is 3.10 bits per heavy atom. The fraction of sp³-hybridized carbons (Fsp3) is 0.250. The molecule has 0 aliphatic carbocycles. The Hall–Kier alpha value is -2.28. The summed E-state index contributed by atoms with van der Waals surface area (Å²) in [5.74, 6) is 0.0510. The van der Waals surface area contributed by atoms with Crippen LogP contribution in [-0.2, 0) is 0 Å². The molecular weight excluding hydrogens is 288 g/mol. The molecule has 0 radical (unpaired) electrons. The van der Waals surface area contributed by atoms with Gasteiger partial charge in [0.1, 0.15) is 12.1 Å². The van der Waals surface area contributed by atoms with E-state index in [9.17, 15) is 9.59 Å². The maximum absolute atomic E-state index is 12.2. The van der Waals surface area contributed by atoms with Crippen molar-refractivity contribution in [3.05, 3.63) is 27.8 Å². The molecule has 20 heavy (non-hydrogen) atoms. The maximum Gasteiger partial charge on any atom is 0.511 e. The Kier molecular flexibility index (Phi) is 2.79. The van der Waals surface area contributed by atoms with Crippen LogP contribution in [0.1, 0.15) is 13.0 Å². The molecule has 0 fully saturated rings. The van der Waals surface area contributed by atoms with Crippen LogP contribution in [0.3, 0.4) is 0 Å². The first-order valence-electron chi connectivity index (χ1n) is 5.76. The van der Waals surface area contributed by atoms with E-state index in [1.807, 2.05) is 6.92 Å². The van der Waals surface area contributed by atoms with Crippen molar-refractivity contribution in [3.63, 3.8) is 0 Å². The van der Waals surface area contributed by atoms with Crippen LogP contribution in [-0.4, -0.2) is 27.4 Å². The van der Waals surface area contributed by atoms with Crippen LogP contribution in [0.15, 0.2) is 17.2 Å². The van der Waals surface area contributed by atoms with Gasteiger partial charge < -0.3 is 19.1 Å². The fourth-order valence-electron chi connectivity index (χ4n) is 2.19. The monoisotopic (exact) mass is 296 g/mol. The largest absolute Gasteiger partial charge is 0.511 e. The van der Waals surface area contributed by atoms with Crippen molar-refractivity contribution in [1.29, 1.82) is 0 Å². The zero-order valence-corrected chi connectivity index (χ0v) is 11.0. The van der Waals surface area contributed by atoms with E-state index < -0.39 is 11.6 Å². The number of nitrogens with zero attached hydrogens (tertiary/aromatic N) is 2. The van der Waals surface area contributed by atoms with E-state index in [1.54, 1.807) is 4.57 Å². The predicted octanol–water partition coefficient (Wildman–Crippen LogP) is 2.06. The van der Waals surface area contributed by atoms with Gasteiger partial charge in [-0.1, -0.05) is 11.6 Å². The first-order chi connectivity index (χ1) is 9.49. The number of carbonyl (C=O) groups is 1. The Balaban J connectivity index is 2.40. The van der Waals surface area contributed by atoms with Crippen molar-refractivity contribution < 1.29 is 19.4 Å². The summed E-state index contributed by atoms with van der Waals surface area (Å²) in [5.41, 5.74) is -0.0757. The second kappa shape index (κ2) is 4.38. The summed E-state index contributed by atoms with van der Waals surface area (Å²) in [6.07, 6.45) is 1.10. The second-order valence-corrected chi connectivity index (χ2v) is 4.76. The maximum atomic E-state index is 12.2. The third-order valence-electron chi connectivity index (χ3n) is 3.09. The molecule has 1 aliphatic heterocycles. The first kappa shape index (κ1) is 12.7. The van der Waals surface area contributed by atoms with Crippen LogP contribution < -0.4 is 14.9 Å². The van der Waals surface area contributed by atoms with Crippen molar-refractivity contribution in [2.45, 2.75) is 13.0 Å². The lowest BCUT2D eigenvalue weighted by Crippen LogP contribution is -2.25. The predicted molar refractivity (Wildman–Crippen MR) is 69.9 cm³/mol. The van der Waals surface area contributed by atoms with Gasteiger partial charge in [0.2, 0.25) is 5.43 Å². The lowest BCUT2D eigenvalue weighted by Gasteiger charge is -2.26. The number of pyridine rings is 2. The molecule has 0 bridgehead atoms. The molecule has 104 valence electrons. The van der Waals surface area contributed by atoms with Crippen LogP contribution >= 0.6 is 11.6 Å². The molecule has 1 atom stereocenters. The fourth-order valence-corrected chi connectivity index (χ4v) is 2.39. The highest BCUT2D eigenvalue weighted by Gasteiger charge is 2.25. The zero-order valence-electron chi connectivity index (χ0n) is 10.3. The number of ether oxygens (including phenoxy) is 2. The van der Waals surface area contributed by atoms with Gasteiger partial charge in [0.05, 0.1) is 17.6 Å². The highest BCUT2D eigenvalue weighted by molar-refractivity contribution is 6.31. The standard InChI is InChI=1S/C12H9ClN2O5/c1-5-4-19-10-8-6(2-14-11(10)13)9(16)7(3-15(5)8)20-12(17)18/h2-3,5H,4H2,1H3,(H,17,18). The summed E-state index contributed by atoms with van der Waals surface area (Å²) < 4.78 is 11.7. The van der Waals surface area contributed by atoms with Gasteiger partial charge in [-0.3, -0.25) is 4.79 Å². The molecule has 0 spiro atoms. The minimum absolute atomic E-state index is 0.0970. The van der Waals surface area contributed by atoms with Gasteiger partial charge in [0, 0.05) is 6.20 Å². The van der Waals surface area contributed by atoms with E-state index in [1.165, 1.54) is 12.4 Å². The molecule has 1 N–H and O–H groups in total. The van der Waals surface area contributed by atoms with Crippen LogP contribution in [0.4, 0.5) is 4.79 Å². The topological polar surface area (TPSA) is 90.7 Å². The number of hydrogen-bond acceptors (Lipinski definition) is 5. The van der Waals surface area contributed by atoms with E-state index >= 15 is 0 Å². The summed E-state index contributed by atoms with van der Waals surface area (Å²) in [5, 5.41) is 9.03. The van der Waals surface area contributed by atoms with Gasteiger partial charge in [-0.25, -0.2) is 9.78 Å². The minimum Gasteiger partial charge on any atom is -0.486 e. The van der Waals surface area contributed by atoms with Crippen molar-refractivity contribution in [3.8, 4) is 11.5 Å².